The molecular formula is C31H34BrN3O4S. The zero-order valence-corrected chi connectivity index (χ0v) is 24.7. The maximum atomic E-state index is 13.8. The highest BCUT2D eigenvalue weighted by Crippen LogP contribution is 2.23. The predicted octanol–water partition coefficient (Wildman–Crippen LogP) is 6.68. The summed E-state index contributed by atoms with van der Waals surface area (Å²) in [6.45, 7) is 0.311. The Kier molecular flexibility index (Phi) is 11.2. The number of carbonyl (C=O) groups is 2. The molecule has 210 valence electrons. The van der Waals surface area contributed by atoms with Crippen molar-refractivity contribution in [1.29, 1.82) is 0 Å². The largest absolute Gasteiger partial charge is 0.352 e. The number of hydrogen-bond donors (Lipinski definition) is 1. The van der Waals surface area contributed by atoms with Gasteiger partial charge < -0.3 is 10.2 Å². The molecule has 9 heteroatoms. The van der Waals surface area contributed by atoms with Crippen molar-refractivity contribution in [2.24, 2.45) is 0 Å². The van der Waals surface area contributed by atoms with Gasteiger partial charge in [0.1, 0.15) is 6.04 Å². The number of benzene rings is 3. The van der Waals surface area contributed by atoms with Crippen molar-refractivity contribution in [2.45, 2.75) is 62.9 Å². The monoisotopic (exact) mass is 623 g/mol. The van der Waals surface area contributed by atoms with E-state index in [0.717, 1.165) is 46.8 Å². The van der Waals surface area contributed by atoms with Crippen LogP contribution in [-0.4, -0.2) is 39.5 Å². The third-order valence-corrected chi connectivity index (χ3v) is 8.59. The summed E-state index contributed by atoms with van der Waals surface area (Å²) in [6, 6.07) is 23.5. The van der Waals surface area contributed by atoms with Crippen LogP contribution >= 0.6 is 27.7 Å². The molecule has 3 aromatic rings. The minimum Gasteiger partial charge on any atom is -0.352 e. The molecule has 2 amide bonds. The molecule has 1 saturated carbocycles. The molecular weight excluding hydrogens is 590 g/mol. The first-order valence-corrected chi connectivity index (χ1v) is 15.5. The van der Waals surface area contributed by atoms with Crippen LogP contribution in [-0.2, 0) is 28.3 Å². The van der Waals surface area contributed by atoms with E-state index >= 15 is 0 Å². The van der Waals surface area contributed by atoms with Gasteiger partial charge in [0.15, 0.2) is 0 Å². The molecule has 40 heavy (non-hydrogen) atoms. The maximum absolute atomic E-state index is 13.8. The highest BCUT2D eigenvalue weighted by molar-refractivity contribution is 9.10. The molecule has 0 unspecified atom stereocenters. The number of carbonyl (C=O) groups excluding carboxylic acids is 2. The van der Waals surface area contributed by atoms with E-state index in [1.807, 2.05) is 54.6 Å². The Morgan fingerprint density at radius 1 is 0.950 bits per heavy atom. The summed E-state index contributed by atoms with van der Waals surface area (Å²) in [5.41, 5.74) is 2.87. The van der Waals surface area contributed by atoms with Gasteiger partial charge in [0.2, 0.25) is 11.8 Å². The average molecular weight is 625 g/mol. The van der Waals surface area contributed by atoms with Crippen molar-refractivity contribution in [2.75, 3.05) is 5.75 Å². The van der Waals surface area contributed by atoms with Gasteiger partial charge in [-0.3, -0.25) is 19.7 Å². The molecule has 0 spiro atoms. The Bertz CT molecular complexity index is 1280. The first kappa shape index (κ1) is 29.8. The number of nitrogens with zero attached hydrogens (tertiary/aromatic N) is 2. The first-order chi connectivity index (χ1) is 19.4. The summed E-state index contributed by atoms with van der Waals surface area (Å²) in [4.78, 5) is 39.9. The number of non-ortho nitro benzene ring substituents is 1. The molecule has 1 aliphatic rings. The molecule has 1 atom stereocenters. The molecule has 1 aliphatic carbocycles. The average Bonchev–Trinajstić information content (AvgIpc) is 2.96. The zero-order valence-electron chi connectivity index (χ0n) is 22.3. The van der Waals surface area contributed by atoms with E-state index in [9.17, 15) is 19.7 Å². The number of hydrogen-bond acceptors (Lipinski definition) is 5. The Balaban J connectivity index is 1.54. The summed E-state index contributed by atoms with van der Waals surface area (Å²) < 4.78 is 0.913. The SMILES string of the molecule is O=C(NC1CCCCC1)[C@@H](Cc1ccccc1)N(Cc1cccc(Br)c1)C(=O)CSCc1ccc([N+](=O)[O-])cc1. The Morgan fingerprint density at radius 2 is 1.65 bits per heavy atom. The minimum absolute atomic E-state index is 0.0396. The van der Waals surface area contributed by atoms with Crippen LogP contribution in [0.4, 0.5) is 5.69 Å². The first-order valence-electron chi connectivity index (χ1n) is 13.6. The van der Waals surface area contributed by atoms with Crippen LogP contribution in [0.5, 0.6) is 0 Å². The lowest BCUT2D eigenvalue weighted by atomic mass is 9.94. The van der Waals surface area contributed by atoms with Gasteiger partial charge in [0.05, 0.1) is 10.7 Å². The van der Waals surface area contributed by atoms with Crippen LogP contribution in [0, 0.1) is 10.1 Å². The summed E-state index contributed by atoms with van der Waals surface area (Å²) >= 11 is 4.97. The molecule has 0 aromatic heterocycles. The number of halogens is 1. The number of nitrogens with one attached hydrogen (secondary N) is 1. The van der Waals surface area contributed by atoms with Crippen LogP contribution < -0.4 is 5.32 Å². The summed E-state index contributed by atoms with van der Waals surface area (Å²) in [5, 5.41) is 14.2. The van der Waals surface area contributed by atoms with Gasteiger partial charge in [-0.05, 0) is 41.7 Å². The highest BCUT2D eigenvalue weighted by atomic mass is 79.9. The molecule has 0 saturated heterocycles. The van der Waals surface area contributed by atoms with Crippen molar-refractivity contribution in [3.05, 3.63) is 110 Å². The Labute approximate surface area is 248 Å². The van der Waals surface area contributed by atoms with Crippen molar-refractivity contribution < 1.29 is 14.5 Å². The third-order valence-electron chi connectivity index (χ3n) is 7.11. The van der Waals surface area contributed by atoms with E-state index < -0.39 is 11.0 Å². The van der Waals surface area contributed by atoms with Gasteiger partial charge in [-0.2, -0.15) is 0 Å². The second-order valence-electron chi connectivity index (χ2n) is 10.1. The van der Waals surface area contributed by atoms with Gasteiger partial charge in [-0.1, -0.05) is 89.8 Å². The Morgan fingerprint density at radius 3 is 2.33 bits per heavy atom. The fraction of sp³-hybridized carbons (Fsp3) is 0.355. The summed E-state index contributed by atoms with van der Waals surface area (Å²) in [7, 11) is 0. The lowest BCUT2D eigenvalue weighted by Crippen LogP contribution is -2.53. The topological polar surface area (TPSA) is 92.6 Å². The molecule has 1 N–H and O–H groups in total. The van der Waals surface area contributed by atoms with E-state index in [4.69, 9.17) is 0 Å². The Hall–Kier alpha value is -3.17. The van der Waals surface area contributed by atoms with Crippen LogP contribution in [0.25, 0.3) is 0 Å². The van der Waals surface area contributed by atoms with Crippen molar-refractivity contribution in [3.8, 4) is 0 Å². The summed E-state index contributed by atoms with van der Waals surface area (Å²) in [5.74, 6) is 0.491. The molecule has 0 heterocycles. The van der Waals surface area contributed by atoms with Gasteiger partial charge in [0, 0.05) is 41.4 Å². The molecule has 0 bridgehead atoms. The van der Waals surface area contributed by atoms with E-state index in [2.05, 4.69) is 21.2 Å². The van der Waals surface area contributed by atoms with Crippen molar-refractivity contribution in [1.82, 2.24) is 10.2 Å². The molecule has 0 aliphatic heterocycles. The van der Waals surface area contributed by atoms with E-state index in [-0.39, 0.29) is 29.3 Å². The highest BCUT2D eigenvalue weighted by Gasteiger charge is 2.31. The van der Waals surface area contributed by atoms with Gasteiger partial charge in [-0.15, -0.1) is 11.8 Å². The third kappa shape index (κ3) is 8.93. The number of rotatable bonds is 12. The maximum Gasteiger partial charge on any atom is 0.269 e. The number of amides is 2. The number of nitro groups is 1. The molecule has 4 rings (SSSR count). The fourth-order valence-electron chi connectivity index (χ4n) is 4.98. The standard InChI is InChI=1S/C31H34BrN3O4S/c32-26-11-7-10-25(18-26)20-34(30(36)22-40-21-24-14-16-28(17-15-24)35(38)39)29(19-23-8-3-1-4-9-23)31(37)33-27-12-5-2-6-13-27/h1,3-4,7-11,14-18,27,29H,2,5-6,12-13,19-22H2,(H,33,37)/t29-/m1/s1. The van der Waals surface area contributed by atoms with E-state index in [0.29, 0.717) is 18.7 Å². The zero-order chi connectivity index (χ0) is 28.3. The van der Waals surface area contributed by atoms with Crippen LogP contribution in [0.15, 0.2) is 83.3 Å². The fourth-order valence-corrected chi connectivity index (χ4v) is 6.30. The molecule has 7 nitrogen and oxygen atoms in total. The van der Waals surface area contributed by atoms with E-state index in [1.54, 1.807) is 17.0 Å². The van der Waals surface area contributed by atoms with Crippen molar-refractivity contribution >= 4 is 45.2 Å². The molecule has 3 aromatic carbocycles. The quantitative estimate of drug-likeness (QED) is 0.179. The van der Waals surface area contributed by atoms with Crippen molar-refractivity contribution in [3.63, 3.8) is 0 Å². The second-order valence-corrected chi connectivity index (χ2v) is 12.0. The van der Waals surface area contributed by atoms with Gasteiger partial charge >= 0.3 is 0 Å². The lowest BCUT2D eigenvalue weighted by molar-refractivity contribution is -0.384. The minimum atomic E-state index is -0.657. The number of nitro benzene ring substituents is 1. The van der Waals surface area contributed by atoms with Gasteiger partial charge in [0.25, 0.3) is 5.69 Å². The molecule has 1 fully saturated rings. The number of thioether (sulfide) groups is 1. The lowest BCUT2D eigenvalue weighted by Gasteiger charge is -2.33. The summed E-state index contributed by atoms with van der Waals surface area (Å²) in [6.07, 6.45) is 5.76. The smallest absolute Gasteiger partial charge is 0.269 e. The molecule has 0 radical (unpaired) electrons. The van der Waals surface area contributed by atoms with Crippen LogP contribution in [0.1, 0.15) is 48.8 Å². The normalized spacial score (nSPS) is 14.3. The van der Waals surface area contributed by atoms with Gasteiger partial charge in [-0.25, -0.2) is 0 Å². The van der Waals surface area contributed by atoms with Crippen LogP contribution in [0.3, 0.4) is 0 Å². The van der Waals surface area contributed by atoms with E-state index in [1.165, 1.54) is 30.3 Å². The predicted molar refractivity (Wildman–Crippen MR) is 163 cm³/mol. The second kappa shape index (κ2) is 15.0. The van der Waals surface area contributed by atoms with Crippen LogP contribution in [0.2, 0.25) is 0 Å².